The smallest absolute Gasteiger partial charge is 0.0856 e. The van der Waals surface area contributed by atoms with Crippen molar-refractivity contribution in [3.8, 4) is 0 Å². The molecule has 0 aromatic heterocycles. The molecule has 0 aliphatic rings. The standard InChI is InChI=1S/C5H8F/c1-3-5(2)4-6/h4H,1,3H2,2H3. The van der Waals surface area contributed by atoms with Crippen molar-refractivity contribution in [2.45, 2.75) is 13.3 Å². The predicted octanol–water partition coefficient (Wildman–Crippen LogP) is 2.08. The summed E-state index contributed by atoms with van der Waals surface area (Å²) in [6, 6.07) is 0. The van der Waals surface area contributed by atoms with Crippen LogP contribution in [0.1, 0.15) is 13.3 Å². The van der Waals surface area contributed by atoms with Gasteiger partial charge in [0.15, 0.2) is 0 Å². The summed E-state index contributed by atoms with van der Waals surface area (Å²) in [6.07, 6.45) is 1.14. The van der Waals surface area contributed by atoms with E-state index < -0.39 is 0 Å². The molecule has 0 fully saturated rings. The van der Waals surface area contributed by atoms with Crippen LogP contribution in [0, 0.1) is 6.92 Å². The molecule has 0 atom stereocenters. The zero-order valence-electron chi connectivity index (χ0n) is 3.87. The molecule has 0 heterocycles. The minimum atomic E-state index is 0.566. The minimum Gasteiger partial charge on any atom is -0.216 e. The third kappa shape index (κ3) is 1.94. The lowest BCUT2D eigenvalue weighted by Gasteiger charge is -1.82. The largest absolute Gasteiger partial charge is 0.216 e. The van der Waals surface area contributed by atoms with E-state index in [1.807, 2.05) is 0 Å². The van der Waals surface area contributed by atoms with Crippen molar-refractivity contribution in [1.29, 1.82) is 0 Å². The first kappa shape index (κ1) is 5.67. The lowest BCUT2D eigenvalue weighted by molar-refractivity contribution is 0.705. The molecule has 0 nitrogen and oxygen atoms in total. The number of halogens is 1. The predicted molar refractivity (Wildman–Crippen MR) is 24.8 cm³/mol. The summed E-state index contributed by atoms with van der Waals surface area (Å²) >= 11 is 0. The van der Waals surface area contributed by atoms with E-state index >= 15 is 0 Å². The molecule has 0 rings (SSSR count). The molecule has 1 radical (unpaired) electrons. The average Bonchev–Trinajstić information content (AvgIpc) is 1.65. The maximum atomic E-state index is 11.2. The Balaban J connectivity index is 3.22. The number of hydrogen-bond donors (Lipinski definition) is 0. The zero-order valence-corrected chi connectivity index (χ0v) is 3.87. The third-order valence-corrected chi connectivity index (χ3v) is 0.581. The Hall–Kier alpha value is -0.330. The first-order valence-corrected chi connectivity index (χ1v) is 1.86. The topological polar surface area (TPSA) is 0 Å². The second-order valence-electron chi connectivity index (χ2n) is 1.21. The van der Waals surface area contributed by atoms with Gasteiger partial charge in [0.25, 0.3) is 0 Å². The summed E-state index contributed by atoms with van der Waals surface area (Å²) in [6.45, 7) is 5.15. The highest BCUT2D eigenvalue weighted by Crippen LogP contribution is 1.95. The van der Waals surface area contributed by atoms with Crippen LogP contribution in [0.4, 0.5) is 4.39 Å². The summed E-state index contributed by atoms with van der Waals surface area (Å²) in [5.74, 6) is 0. The van der Waals surface area contributed by atoms with Gasteiger partial charge in [0.2, 0.25) is 0 Å². The Morgan fingerprint density at radius 1 is 2.00 bits per heavy atom. The maximum absolute atomic E-state index is 11.2. The Kier molecular flexibility index (Phi) is 2.73. The summed E-state index contributed by atoms with van der Waals surface area (Å²) in [5, 5.41) is 0. The molecule has 6 heavy (non-hydrogen) atoms. The van der Waals surface area contributed by atoms with Crippen molar-refractivity contribution >= 4 is 0 Å². The Labute approximate surface area is 37.7 Å². The molecule has 0 aromatic carbocycles. The van der Waals surface area contributed by atoms with Crippen LogP contribution in [0.3, 0.4) is 0 Å². The van der Waals surface area contributed by atoms with Crippen LogP contribution in [0.15, 0.2) is 11.9 Å². The molecular formula is C5H8F. The molecule has 0 saturated carbocycles. The van der Waals surface area contributed by atoms with Gasteiger partial charge in [-0.1, -0.05) is 0 Å². The van der Waals surface area contributed by atoms with E-state index in [2.05, 4.69) is 6.92 Å². The Bertz CT molecular complexity index is 55.0. The second-order valence-corrected chi connectivity index (χ2v) is 1.21. The molecule has 0 bridgehead atoms. The zero-order chi connectivity index (χ0) is 4.99. The highest BCUT2D eigenvalue weighted by Gasteiger charge is 1.76. The lowest BCUT2D eigenvalue weighted by Crippen LogP contribution is -1.63. The highest BCUT2D eigenvalue weighted by molar-refractivity contribution is 4.92. The fraction of sp³-hybridized carbons (Fsp3) is 0.400. The number of rotatable bonds is 1. The third-order valence-electron chi connectivity index (χ3n) is 0.581. The average molecular weight is 87.1 g/mol. The van der Waals surface area contributed by atoms with Gasteiger partial charge in [0, 0.05) is 0 Å². The van der Waals surface area contributed by atoms with Gasteiger partial charge in [-0.05, 0) is 25.8 Å². The first-order chi connectivity index (χ1) is 2.81. The van der Waals surface area contributed by atoms with Crippen LogP contribution in [0.25, 0.3) is 0 Å². The lowest BCUT2D eigenvalue weighted by atomic mass is 10.3. The van der Waals surface area contributed by atoms with E-state index in [1.54, 1.807) is 6.92 Å². The minimum absolute atomic E-state index is 0.566. The molecule has 0 aromatic rings. The van der Waals surface area contributed by atoms with Crippen LogP contribution in [-0.2, 0) is 0 Å². The van der Waals surface area contributed by atoms with Crippen molar-refractivity contribution in [2.24, 2.45) is 0 Å². The van der Waals surface area contributed by atoms with Crippen LogP contribution < -0.4 is 0 Å². The molecule has 0 spiro atoms. The van der Waals surface area contributed by atoms with Gasteiger partial charge in [-0.3, -0.25) is 0 Å². The van der Waals surface area contributed by atoms with Crippen LogP contribution in [-0.4, -0.2) is 0 Å². The molecule has 0 aliphatic carbocycles. The number of hydrogen-bond acceptors (Lipinski definition) is 0. The Morgan fingerprint density at radius 3 is 2.50 bits per heavy atom. The monoisotopic (exact) mass is 87.1 g/mol. The van der Waals surface area contributed by atoms with Gasteiger partial charge in [0.1, 0.15) is 0 Å². The normalized spacial score (nSPS) is 12.2. The van der Waals surface area contributed by atoms with Crippen LogP contribution in [0.2, 0.25) is 0 Å². The van der Waals surface area contributed by atoms with Crippen molar-refractivity contribution < 1.29 is 4.39 Å². The van der Waals surface area contributed by atoms with Gasteiger partial charge in [-0.2, -0.15) is 0 Å². The molecule has 35 valence electrons. The van der Waals surface area contributed by atoms with Crippen molar-refractivity contribution in [1.82, 2.24) is 0 Å². The molecule has 0 aliphatic heterocycles. The van der Waals surface area contributed by atoms with Gasteiger partial charge < -0.3 is 0 Å². The summed E-state index contributed by atoms with van der Waals surface area (Å²) in [4.78, 5) is 0. The summed E-state index contributed by atoms with van der Waals surface area (Å²) < 4.78 is 11.2. The quantitative estimate of drug-likeness (QED) is 0.459. The SMILES string of the molecule is [CH2]CC(C)=CF. The van der Waals surface area contributed by atoms with E-state index in [1.165, 1.54) is 0 Å². The summed E-state index contributed by atoms with van der Waals surface area (Å²) in [5.41, 5.74) is 0.690. The molecular weight excluding hydrogens is 79.1 g/mol. The van der Waals surface area contributed by atoms with E-state index in [-0.39, 0.29) is 0 Å². The van der Waals surface area contributed by atoms with E-state index in [4.69, 9.17) is 0 Å². The molecule has 1 heteroatoms. The van der Waals surface area contributed by atoms with Gasteiger partial charge in [-0.15, -0.1) is 0 Å². The fourth-order valence-corrected chi connectivity index (χ4v) is 0.0546. The first-order valence-electron chi connectivity index (χ1n) is 1.86. The van der Waals surface area contributed by atoms with E-state index in [0.29, 0.717) is 18.3 Å². The molecule has 0 N–H and O–H groups in total. The number of allylic oxidation sites excluding steroid dienone is 1. The summed E-state index contributed by atoms with van der Waals surface area (Å²) in [7, 11) is 0. The highest BCUT2D eigenvalue weighted by atomic mass is 19.1. The van der Waals surface area contributed by atoms with Gasteiger partial charge in [-0.25, -0.2) is 4.39 Å². The molecule has 0 saturated heterocycles. The van der Waals surface area contributed by atoms with Crippen molar-refractivity contribution in [3.05, 3.63) is 18.8 Å². The molecule has 0 amide bonds. The van der Waals surface area contributed by atoms with Crippen molar-refractivity contribution in [3.63, 3.8) is 0 Å². The van der Waals surface area contributed by atoms with Gasteiger partial charge >= 0.3 is 0 Å². The van der Waals surface area contributed by atoms with E-state index in [0.717, 1.165) is 0 Å². The molecule has 0 unspecified atom stereocenters. The van der Waals surface area contributed by atoms with Crippen LogP contribution >= 0.6 is 0 Å². The maximum Gasteiger partial charge on any atom is 0.0856 e. The van der Waals surface area contributed by atoms with Gasteiger partial charge in [0.05, 0.1) is 6.33 Å². The fourth-order valence-electron chi connectivity index (χ4n) is 0.0546. The van der Waals surface area contributed by atoms with E-state index in [9.17, 15) is 4.39 Å². The van der Waals surface area contributed by atoms with Crippen LogP contribution in [0.5, 0.6) is 0 Å². The second kappa shape index (κ2) is 2.88. The van der Waals surface area contributed by atoms with Crippen molar-refractivity contribution in [2.75, 3.05) is 0 Å². The Morgan fingerprint density at radius 2 is 2.50 bits per heavy atom.